The Morgan fingerprint density at radius 3 is 2.68 bits per heavy atom. The van der Waals surface area contributed by atoms with E-state index in [2.05, 4.69) is 39.6 Å². The number of hydrogen-bond acceptors (Lipinski definition) is 4. The van der Waals surface area contributed by atoms with Crippen molar-refractivity contribution in [2.24, 2.45) is 0 Å². The number of carbonyl (C=O) groups is 1. The average molecular weight is 318 g/mol. The summed E-state index contributed by atoms with van der Waals surface area (Å²) in [5.41, 5.74) is 2.03. The normalized spacial score (nSPS) is 11.8. The maximum Gasteiger partial charge on any atom is 0.315 e. The number of carbonyl (C=O) groups excluding carboxylic acids is 1. The summed E-state index contributed by atoms with van der Waals surface area (Å²) in [7, 11) is 2.03. The van der Waals surface area contributed by atoms with Crippen LogP contribution in [0, 0.1) is 6.92 Å². The molecular formula is C16H22N4OS. The minimum Gasteiger partial charge on any atom is -0.370 e. The fraction of sp³-hybridized carbons (Fsp3) is 0.375. The molecule has 0 aliphatic heterocycles. The molecule has 0 aliphatic carbocycles. The highest BCUT2D eigenvalue weighted by Crippen LogP contribution is 2.13. The first kappa shape index (κ1) is 16.3. The molecule has 0 aliphatic rings. The average Bonchev–Trinajstić information content (AvgIpc) is 2.96. The van der Waals surface area contributed by atoms with Gasteiger partial charge in [-0.1, -0.05) is 18.2 Å². The predicted octanol–water partition coefficient (Wildman–Crippen LogP) is 2.78. The Bertz CT molecular complexity index is 599. The quantitative estimate of drug-likeness (QED) is 0.861. The Labute approximate surface area is 135 Å². The summed E-state index contributed by atoms with van der Waals surface area (Å²) in [4.78, 5) is 18.3. The third kappa shape index (κ3) is 4.73. The zero-order valence-electron chi connectivity index (χ0n) is 13.2. The monoisotopic (exact) mass is 318 g/mol. The zero-order valence-corrected chi connectivity index (χ0v) is 14.0. The molecule has 2 amide bonds. The predicted molar refractivity (Wildman–Crippen MR) is 91.4 cm³/mol. The molecule has 2 N–H and O–H groups in total. The topological polar surface area (TPSA) is 57.3 Å². The molecule has 0 spiro atoms. The lowest BCUT2D eigenvalue weighted by Crippen LogP contribution is -2.43. The maximum absolute atomic E-state index is 11.8. The second-order valence-electron chi connectivity index (χ2n) is 5.22. The molecule has 0 saturated heterocycles. The highest BCUT2D eigenvalue weighted by molar-refractivity contribution is 7.09. The van der Waals surface area contributed by atoms with Crippen LogP contribution in [-0.2, 0) is 6.54 Å². The van der Waals surface area contributed by atoms with Gasteiger partial charge in [0.25, 0.3) is 0 Å². The first-order valence-corrected chi connectivity index (χ1v) is 8.15. The van der Waals surface area contributed by atoms with Crippen molar-refractivity contribution in [1.82, 2.24) is 15.6 Å². The van der Waals surface area contributed by atoms with Gasteiger partial charge in [0.15, 0.2) is 0 Å². The number of likely N-dealkylation sites (N-methyl/N-ethyl adjacent to an activating group) is 1. The van der Waals surface area contributed by atoms with E-state index in [0.717, 1.165) is 16.4 Å². The number of nitrogens with zero attached hydrogens (tertiary/aromatic N) is 2. The molecule has 2 aromatic rings. The van der Waals surface area contributed by atoms with Crippen molar-refractivity contribution in [3.8, 4) is 0 Å². The largest absolute Gasteiger partial charge is 0.370 e. The molecular weight excluding hydrogens is 296 g/mol. The van der Waals surface area contributed by atoms with Gasteiger partial charge in [0.2, 0.25) is 0 Å². The van der Waals surface area contributed by atoms with E-state index < -0.39 is 0 Å². The lowest BCUT2D eigenvalue weighted by atomic mass is 10.2. The summed E-state index contributed by atoms with van der Waals surface area (Å²) in [6, 6.07) is 10.2. The first-order chi connectivity index (χ1) is 10.6. The van der Waals surface area contributed by atoms with Crippen LogP contribution in [0.25, 0.3) is 0 Å². The van der Waals surface area contributed by atoms with E-state index in [1.54, 1.807) is 11.3 Å². The van der Waals surface area contributed by atoms with Crippen molar-refractivity contribution in [3.05, 3.63) is 46.4 Å². The summed E-state index contributed by atoms with van der Waals surface area (Å²) < 4.78 is 0. The lowest BCUT2D eigenvalue weighted by Gasteiger charge is -2.27. The van der Waals surface area contributed by atoms with E-state index >= 15 is 0 Å². The molecule has 0 radical (unpaired) electrons. The van der Waals surface area contributed by atoms with Crippen LogP contribution in [0.1, 0.15) is 17.6 Å². The van der Waals surface area contributed by atoms with Gasteiger partial charge in [0, 0.05) is 30.7 Å². The standard InChI is InChI=1S/C16H22N4OS/c1-12(20(3)15-7-5-4-6-8-15)9-17-16(21)18-10-14-11-22-13(2)19-14/h4-8,11-12H,9-10H2,1-3H3,(H2,17,18,21). The number of anilines is 1. The molecule has 6 heteroatoms. The minimum atomic E-state index is -0.168. The molecule has 0 fully saturated rings. The van der Waals surface area contributed by atoms with Crippen molar-refractivity contribution in [2.45, 2.75) is 26.4 Å². The molecule has 1 unspecified atom stereocenters. The van der Waals surface area contributed by atoms with Crippen LogP contribution in [-0.4, -0.2) is 30.6 Å². The van der Waals surface area contributed by atoms with Gasteiger partial charge < -0.3 is 15.5 Å². The second-order valence-corrected chi connectivity index (χ2v) is 6.28. The van der Waals surface area contributed by atoms with Gasteiger partial charge >= 0.3 is 6.03 Å². The summed E-state index contributed by atoms with van der Waals surface area (Å²) in [5, 5.41) is 8.69. The Morgan fingerprint density at radius 2 is 2.05 bits per heavy atom. The molecule has 1 heterocycles. The zero-order chi connectivity index (χ0) is 15.9. The van der Waals surface area contributed by atoms with Gasteiger partial charge in [-0.2, -0.15) is 0 Å². The van der Waals surface area contributed by atoms with Gasteiger partial charge in [0.1, 0.15) is 0 Å². The Kier molecular flexibility index (Phi) is 5.77. The molecule has 0 bridgehead atoms. The van der Waals surface area contributed by atoms with Crippen molar-refractivity contribution >= 4 is 23.1 Å². The van der Waals surface area contributed by atoms with E-state index in [4.69, 9.17) is 0 Å². The van der Waals surface area contributed by atoms with Gasteiger partial charge in [-0.15, -0.1) is 11.3 Å². The van der Waals surface area contributed by atoms with Crippen molar-refractivity contribution in [3.63, 3.8) is 0 Å². The van der Waals surface area contributed by atoms with Crippen molar-refractivity contribution in [2.75, 3.05) is 18.5 Å². The number of thiazole rings is 1. The van der Waals surface area contributed by atoms with Crippen LogP contribution in [0.15, 0.2) is 35.7 Å². The summed E-state index contributed by atoms with van der Waals surface area (Å²) in [6.07, 6.45) is 0. The number of urea groups is 1. The number of hydrogen-bond donors (Lipinski definition) is 2. The van der Waals surface area contributed by atoms with E-state index in [9.17, 15) is 4.79 Å². The molecule has 1 aromatic heterocycles. The minimum absolute atomic E-state index is 0.168. The van der Waals surface area contributed by atoms with Crippen LogP contribution in [0.5, 0.6) is 0 Å². The third-order valence-corrected chi connectivity index (χ3v) is 4.30. The Hall–Kier alpha value is -2.08. The fourth-order valence-corrected chi connectivity index (χ4v) is 2.63. The molecule has 22 heavy (non-hydrogen) atoms. The van der Waals surface area contributed by atoms with E-state index in [1.165, 1.54) is 0 Å². The van der Waals surface area contributed by atoms with E-state index in [1.807, 2.05) is 37.6 Å². The maximum atomic E-state index is 11.8. The van der Waals surface area contributed by atoms with Crippen LogP contribution in [0.3, 0.4) is 0 Å². The number of benzene rings is 1. The molecule has 0 saturated carbocycles. The van der Waals surface area contributed by atoms with Gasteiger partial charge in [-0.05, 0) is 26.0 Å². The summed E-state index contributed by atoms with van der Waals surface area (Å²) in [5.74, 6) is 0. The van der Waals surface area contributed by atoms with Crippen molar-refractivity contribution < 1.29 is 4.79 Å². The van der Waals surface area contributed by atoms with Gasteiger partial charge in [-0.25, -0.2) is 9.78 Å². The van der Waals surface area contributed by atoms with Crippen LogP contribution in [0.4, 0.5) is 10.5 Å². The highest BCUT2D eigenvalue weighted by atomic mass is 32.1. The number of aryl methyl sites for hydroxylation is 1. The van der Waals surface area contributed by atoms with Crippen LogP contribution >= 0.6 is 11.3 Å². The van der Waals surface area contributed by atoms with Crippen molar-refractivity contribution in [1.29, 1.82) is 0 Å². The lowest BCUT2D eigenvalue weighted by molar-refractivity contribution is 0.240. The number of amides is 2. The SMILES string of the molecule is Cc1nc(CNC(=O)NCC(C)N(C)c2ccccc2)cs1. The molecule has 5 nitrogen and oxygen atoms in total. The van der Waals surface area contributed by atoms with Gasteiger partial charge in [-0.3, -0.25) is 0 Å². The number of aromatic nitrogens is 1. The molecule has 1 aromatic carbocycles. The Balaban J connectivity index is 1.73. The van der Waals surface area contributed by atoms with E-state index in [0.29, 0.717) is 13.1 Å². The van der Waals surface area contributed by atoms with Gasteiger partial charge in [0.05, 0.1) is 17.2 Å². The second kappa shape index (κ2) is 7.79. The molecule has 1 atom stereocenters. The highest BCUT2D eigenvalue weighted by Gasteiger charge is 2.11. The number of para-hydroxylation sites is 1. The van der Waals surface area contributed by atoms with Crippen LogP contribution in [0.2, 0.25) is 0 Å². The third-order valence-electron chi connectivity index (χ3n) is 3.48. The molecule has 118 valence electrons. The van der Waals surface area contributed by atoms with Crippen LogP contribution < -0.4 is 15.5 Å². The summed E-state index contributed by atoms with van der Waals surface area (Å²) >= 11 is 1.59. The summed E-state index contributed by atoms with van der Waals surface area (Å²) in [6.45, 7) is 5.07. The number of nitrogens with one attached hydrogen (secondary N) is 2. The number of rotatable bonds is 6. The fourth-order valence-electron chi connectivity index (χ4n) is 2.02. The Morgan fingerprint density at radius 1 is 1.32 bits per heavy atom. The first-order valence-electron chi connectivity index (χ1n) is 7.27. The van der Waals surface area contributed by atoms with E-state index in [-0.39, 0.29) is 12.1 Å². The molecule has 2 rings (SSSR count). The smallest absolute Gasteiger partial charge is 0.315 e.